The van der Waals surface area contributed by atoms with E-state index < -0.39 is 0 Å². The summed E-state index contributed by atoms with van der Waals surface area (Å²) in [6, 6.07) is 13.3. The molecule has 0 spiro atoms. The largest absolute Gasteiger partial charge is 0.352 e. The minimum Gasteiger partial charge on any atom is -0.352 e. The van der Waals surface area contributed by atoms with Crippen molar-refractivity contribution in [2.75, 3.05) is 0 Å². The Morgan fingerprint density at radius 1 is 1.11 bits per heavy atom. The Labute approximate surface area is 116 Å². The summed E-state index contributed by atoms with van der Waals surface area (Å²) in [5, 5.41) is 3.36. The molecule has 0 fully saturated rings. The van der Waals surface area contributed by atoms with Gasteiger partial charge in [-0.05, 0) is 29.3 Å². The molecule has 2 nitrogen and oxygen atoms in total. The monoisotopic (exact) mass is 277 g/mol. The van der Waals surface area contributed by atoms with E-state index in [0.29, 0.717) is 11.6 Å². The van der Waals surface area contributed by atoms with E-state index in [9.17, 15) is 9.18 Å². The number of rotatable bonds is 4. The van der Waals surface area contributed by atoms with Gasteiger partial charge in [0.25, 0.3) is 0 Å². The van der Waals surface area contributed by atoms with Crippen LogP contribution in [0.1, 0.15) is 11.1 Å². The number of amides is 1. The zero-order chi connectivity index (χ0) is 13.7. The lowest BCUT2D eigenvalue weighted by Gasteiger charge is -2.06. The van der Waals surface area contributed by atoms with Gasteiger partial charge in [0.1, 0.15) is 5.82 Å². The molecule has 0 unspecified atom stereocenters. The third-order valence-corrected chi connectivity index (χ3v) is 3.08. The van der Waals surface area contributed by atoms with Crippen LogP contribution in [0.15, 0.2) is 48.5 Å². The molecule has 1 amide bonds. The van der Waals surface area contributed by atoms with Crippen LogP contribution in [0, 0.1) is 5.82 Å². The molecule has 2 aromatic carbocycles. The van der Waals surface area contributed by atoms with Gasteiger partial charge in [0.15, 0.2) is 0 Å². The number of halogens is 2. The van der Waals surface area contributed by atoms with Crippen molar-refractivity contribution in [2.24, 2.45) is 0 Å². The highest BCUT2D eigenvalue weighted by Gasteiger charge is 2.06. The Morgan fingerprint density at radius 2 is 1.79 bits per heavy atom. The minimum absolute atomic E-state index is 0.113. The molecule has 0 bridgehead atoms. The van der Waals surface area contributed by atoms with E-state index >= 15 is 0 Å². The molecular weight excluding hydrogens is 265 g/mol. The van der Waals surface area contributed by atoms with Gasteiger partial charge in [0, 0.05) is 11.6 Å². The molecule has 0 aliphatic heterocycles. The van der Waals surface area contributed by atoms with E-state index in [-0.39, 0.29) is 18.1 Å². The predicted molar refractivity (Wildman–Crippen MR) is 73.4 cm³/mol. The molecule has 0 heterocycles. The van der Waals surface area contributed by atoms with Crippen molar-refractivity contribution < 1.29 is 9.18 Å². The lowest BCUT2D eigenvalue weighted by Crippen LogP contribution is -2.24. The summed E-state index contributed by atoms with van der Waals surface area (Å²) in [5.74, 6) is -0.399. The quantitative estimate of drug-likeness (QED) is 0.912. The fraction of sp³-hybridized carbons (Fsp3) is 0.133. The van der Waals surface area contributed by atoms with Crippen molar-refractivity contribution in [3.63, 3.8) is 0 Å². The van der Waals surface area contributed by atoms with Crippen LogP contribution in [-0.4, -0.2) is 5.91 Å². The second-order valence-corrected chi connectivity index (χ2v) is 4.58. The Morgan fingerprint density at radius 3 is 2.47 bits per heavy atom. The highest BCUT2D eigenvalue weighted by Crippen LogP contribution is 2.15. The Bertz CT molecular complexity index is 569. The third kappa shape index (κ3) is 4.07. The van der Waals surface area contributed by atoms with Crippen molar-refractivity contribution >= 4 is 17.5 Å². The third-order valence-electron chi connectivity index (χ3n) is 2.71. The van der Waals surface area contributed by atoms with Gasteiger partial charge >= 0.3 is 0 Å². The summed E-state index contributed by atoms with van der Waals surface area (Å²) in [5.41, 5.74) is 1.65. The number of carbonyl (C=O) groups excluding carboxylic acids is 1. The van der Waals surface area contributed by atoms with Gasteiger partial charge in [-0.25, -0.2) is 4.39 Å². The molecule has 2 rings (SSSR count). The first-order valence-corrected chi connectivity index (χ1v) is 6.27. The molecule has 0 atom stereocenters. The maximum Gasteiger partial charge on any atom is 0.224 e. The fourth-order valence-electron chi connectivity index (χ4n) is 1.68. The summed E-state index contributed by atoms with van der Waals surface area (Å²) in [4.78, 5) is 11.8. The van der Waals surface area contributed by atoms with Crippen LogP contribution in [0.4, 0.5) is 4.39 Å². The normalized spacial score (nSPS) is 10.2. The first-order chi connectivity index (χ1) is 9.15. The summed E-state index contributed by atoms with van der Waals surface area (Å²) in [6.45, 7) is 0.379. The van der Waals surface area contributed by atoms with Crippen LogP contribution in [0.5, 0.6) is 0 Å². The van der Waals surface area contributed by atoms with E-state index in [1.807, 2.05) is 18.2 Å². The molecule has 0 aromatic heterocycles. The van der Waals surface area contributed by atoms with Gasteiger partial charge in [-0.15, -0.1) is 0 Å². The van der Waals surface area contributed by atoms with Crippen LogP contribution < -0.4 is 5.32 Å². The smallest absolute Gasteiger partial charge is 0.224 e. The summed E-state index contributed by atoms with van der Waals surface area (Å²) < 4.78 is 12.7. The molecule has 4 heteroatoms. The van der Waals surface area contributed by atoms with Gasteiger partial charge in [0.05, 0.1) is 6.42 Å². The van der Waals surface area contributed by atoms with Gasteiger partial charge in [-0.2, -0.15) is 0 Å². The molecule has 98 valence electrons. The fourth-order valence-corrected chi connectivity index (χ4v) is 1.88. The average molecular weight is 278 g/mol. The van der Waals surface area contributed by atoms with E-state index in [1.165, 1.54) is 12.1 Å². The Hall–Kier alpha value is -1.87. The predicted octanol–water partition coefficient (Wildman–Crippen LogP) is 3.34. The van der Waals surface area contributed by atoms with E-state index in [1.54, 1.807) is 18.2 Å². The van der Waals surface area contributed by atoms with Gasteiger partial charge in [-0.1, -0.05) is 41.9 Å². The van der Waals surface area contributed by atoms with Crippen molar-refractivity contribution in [2.45, 2.75) is 13.0 Å². The number of carbonyl (C=O) groups is 1. The van der Waals surface area contributed by atoms with Crippen molar-refractivity contribution in [1.82, 2.24) is 5.32 Å². The molecule has 1 N–H and O–H groups in total. The Kier molecular flexibility index (Phi) is 4.53. The molecule has 0 saturated carbocycles. The number of benzene rings is 2. The molecular formula is C15H13ClFNO. The van der Waals surface area contributed by atoms with Crippen molar-refractivity contribution in [1.29, 1.82) is 0 Å². The average Bonchev–Trinajstić information content (AvgIpc) is 2.41. The van der Waals surface area contributed by atoms with Crippen LogP contribution in [0.2, 0.25) is 5.02 Å². The zero-order valence-corrected chi connectivity index (χ0v) is 11.0. The summed E-state index contributed by atoms with van der Waals surface area (Å²) in [6.07, 6.45) is 0.237. The molecule has 0 aliphatic carbocycles. The van der Waals surface area contributed by atoms with E-state index in [4.69, 9.17) is 11.6 Å². The van der Waals surface area contributed by atoms with Gasteiger partial charge in [0.2, 0.25) is 5.91 Å². The SMILES string of the molecule is O=C(Cc1ccccc1Cl)NCc1ccc(F)cc1. The van der Waals surface area contributed by atoms with Crippen molar-refractivity contribution in [3.05, 3.63) is 70.5 Å². The van der Waals surface area contributed by atoms with Crippen molar-refractivity contribution in [3.8, 4) is 0 Å². The lowest BCUT2D eigenvalue weighted by atomic mass is 10.1. The van der Waals surface area contributed by atoms with Crippen LogP contribution >= 0.6 is 11.6 Å². The summed E-state index contributed by atoms with van der Waals surface area (Å²) in [7, 11) is 0. The van der Waals surface area contributed by atoms with Crippen LogP contribution in [0.25, 0.3) is 0 Å². The Balaban J connectivity index is 1.88. The number of nitrogens with one attached hydrogen (secondary N) is 1. The minimum atomic E-state index is -0.286. The number of hydrogen-bond acceptors (Lipinski definition) is 1. The highest BCUT2D eigenvalue weighted by atomic mass is 35.5. The van der Waals surface area contributed by atoms with Crippen LogP contribution in [0.3, 0.4) is 0 Å². The molecule has 0 radical (unpaired) electrons. The second-order valence-electron chi connectivity index (χ2n) is 4.17. The maximum atomic E-state index is 12.7. The first-order valence-electron chi connectivity index (χ1n) is 5.90. The van der Waals surface area contributed by atoms with Gasteiger partial charge in [-0.3, -0.25) is 4.79 Å². The van der Waals surface area contributed by atoms with E-state index in [0.717, 1.165) is 11.1 Å². The molecule has 0 saturated heterocycles. The first kappa shape index (κ1) is 13.6. The summed E-state index contributed by atoms with van der Waals surface area (Å²) >= 11 is 5.98. The number of hydrogen-bond donors (Lipinski definition) is 1. The standard InChI is InChI=1S/C15H13ClFNO/c16-14-4-2-1-3-12(14)9-15(19)18-10-11-5-7-13(17)8-6-11/h1-8H,9-10H2,(H,18,19). The highest BCUT2D eigenvalue weighted by molar-refractivity contribution is 6.31. The van der Waals surface area contributed by atoms with E-state index in [2.05, 4.69) is 5.32 Å². The molecule has 19 heavy (non-hydrogen) atoms. The topological polar surface area (TPSA) is 29.1 Å². The zero-order valence-electron chi connectivity index (χ0n) is 10.2. The molecule has 0 aliphatic rings. The van der Waals surface area contributed by atoms with Crippen LogP contribution in [-0.2, 0) is 17.8 Å². The lowest BCUT2D eigenvalue weighted by molar-refractivity contribution is -0.120. The molecule has 2 aromatic rings. The second kappa shape index (κ2) is 6.34. The maximum absolute atomic E-state index is 12.7. The van der Waals surface area contributed by atoms with Gasteiger partial charge < -0.3 is 5.32 Å².